The molecule has 0 N–H and O–H groups in total. The standard InChI is InChI=1S/C30H38O2/c1-4-6-7-8-11-23-31-24(3)25-14-16-26(17-15-25)29-12-9-10-13-30(29)27-18-20-28(21-19-27)32-22-5-2/h9-10,12-21,24H,4-8,11,22-23H2,1-3H3. The molecule has 0 saturated heterocycles. The third kappa shape index (κ3) is 6.97. The second kappa shape index (κ2) is 13.1. The maximum absolute atomic E-state index is 6.07. The lowest BCUT2D eigenvalue weighted by molar-refractivity contribution is 0.0627. The molecule has 0 aliphatic rings. The van der Waals surface area contributed by atoms with Crippen molar-refractivity contribution in [2.45, 2.75) is 65.4 Å². The van der Waals surface area contributed by atoms with Crippen molar-refractivity contribution in [2.75, 3.05) is 13.2 Å². The second-order valence-electron chi connectivity index (χ2n) is 8.47. The monoisotopic (exact) mass is 430 g/mol. The molecule has 1 atom stereocenters. The van der Waals surface area contributed by atoms with Crippen LogP contribution < -0.4 is 4.74 Å². The number of hydrogen-bond acceptors (Lipinski definition) is 2. The van der Waals surface area contributed by atoms with Crippen LogP contribution in [0.2, 0.25) is 0 Å². The molecule has 170 valence electrons. The third-order valence-electron chi connectivity index (χ3n) is 5.87. The van der Waals surface area contributed by atoms with E-state index in [1.54, 1.807) is 0 Å². The minimum absolute atomic E-state index is 0.126. The minimum atomic E-state index is 0.126. The van der Waals surface area contributed by atoms with Crippen molar-refractivity contribution in [2.24, 2.45) is 0 Å². The summed E-state index contributed by atoms with van der Waals surface area (Å²) in [6.45, 7) is 8.12. The molecule has 0 spiro atoms. The van der Waals surface area contributed by atoms with Gasteiger partial charge in [-0.15, -0.1) is 0 Å². The van der Waals surface area contributed by atoms with Gasteiger partial charge in [-0.25, -0.2) is 0 Å². The molecule has 0 fully saturated rings. The van der Waals surface area contributed by atoms with E-state index in [0.29, 0.717) is 0 Å². The predicted octanol–water partition coefficient (Wildman–Crippen LogP) is 8.86. The van der Waals surface area contributed by atoms with Gasteiger partial charge in [-0.3, -0.25) is 0 Å². The van der Waals surface area contributed by atoms with Gasteiger partial charge in [0.2, 0.25) is 0 Å². The molecular weight excluding hydrogens is 392 g/mol. The quantitative estimate of drug-likeness (QED) is 0.252. The van der Waals surface area contributed by atoms with E-state index in [9.17, 15) is 0 Å². The number of ether oxygens (including phenoxy) is 2. The van der Waals surface area contributed by atoms with Crippen molar-refractivity contribution >= 4 is 0 Å². The van der Waals surface area contributed by atoms with Crippen LogP contribution in [0.1, 0.15) is 71.0 Å². The van der Waals surface area contributed by atoms with Crippen LogP contribution >= 0.6 is 0 Å². The van der Waals surface area contributed by atoms with E-state index in [4.69, 9.17) is 9.47 Å². The summed E-state index contributed by atoms with van der Waals surface area (Å²) in [6.07, 6.45) is 7.49. The lowest BCUT2D eigenvalue weighted by Gasteiger charge is -2.15. The van der Waals surface area contributed by atoms with Gasteiger partial charge < -0.3 is 9.47 Å². The van der Waals surface area contributed by atoms with Crippen LogP contribution in [0, 0.1) is 0 Å². The fraction of sp³-hybridized carbons (Fsp3) is 0.400. The largest absolute Gasteiger partial charge is 0.494 e. The molecule has 0 aliphatic carbocycles. The zero-order valence-corrected chi connectivity index (χ0v) is 20.0. The molecule has 3 aromatic rings. The second-order valence-corrected chi connectivity index (χ2v) is 8.47. The molecule has 0 saturated carbocycles. The first-order valence-electron chi connectivity index (χ1n) is 12.3. The molecule has 1 unspecified atom stereocenters. The van der Waals surface area contributed by atoms with Gasteiger partial charge in [-0.05, 0) is 59.7 Å². The first kappa shape index (κ1) is 24.1. The Morgan fingerprint density at radius 1 is 0.625 bits per heavy atom. The molecule has 0 heterocycles. The molecule has 3 aromatic carbocycles. The number of hydrogen-bond donors (Lipinski definition) is 0. The minimum Gasteiger partial charge on any atom is -0.494 e. The van der Waals surface area contributed by atoms with Crippen LogP contribution in [-0.2, 0) is 4.74 Å². The summed E-state index contributed by atoms with van der Waals surface area (Å²) in [7, 11) is 0. The van der Waals surface area contributed by atoms with Crippen molar-refractivity contribution in [3.8, 4) is 28.0 Å². The smallest absolute Gasteiger partial charge is 0.119 e. The van der Waals surface area contributed by atoms with Gasteiger partial charge in [0.05, 0.1) is 12.7 Å². The summed E-state index contributed by atoms with van der Waals surface area (Å²) in [6, 6.07) is 25.9. The highest BCUT2D eigenvalue weighted by Gasteiger charge is 2.10. The van der Waals surface area contributed by atoms with Gasteiger partial charge >= 0.3 is 0 Å². The summed E-state index contributed by atoms with van der Waals surface area (Å²) >= 11 is 0. The average Bonchev–Trinajstić information content (AvgIpc) is 2.85. The van der Waals surface area contributed by atoms with Gasteiger partial charge in [0.1, 0.15) is 5.75 Å². The van der Waals surface area contributed by atoms with Crippen molar-refractivity contribution in [3.05, 3.63) is 78.4 Å². The summed E-state index contributed by atoms with van der Waals surface area (Å²) in [4.78, 5) is 0. The maximum Gasteiger partial charge on any atom is 0.119 e. The fourth-order valence-corrected chi connectivity index (χ4v) is 3.93. The van der Waals surface area contributed by atoms with Crippen LogP contribution in [-0.4, -0.2) is 13.2 Å². The SMILES string of the molecule is CCCCCCCOC(C)c1ccc(-c2ccccc2-c2ccc(OCCC)cc2)cc1. The number of rotatable bonds is 13. The molecule has 0 bridgehead atoms. The number of unbranched alkanes of at least 4 members (excludes halogenated alkanes) is 4. The third-order valence-corrected chi connectivity index (χ3v) is 5.87. The molecule has 32 heavy (non-hydrogen) atoms. The summed E-state index contributed by atoms with van der Waals surface area (Å²) in [5.41, 5.74) is 6.14. The topological polar surface area (TPSA) is 18.5 Å². The Bertz CT molecular complexity index is 912. The molecule has 0 aliphatic heterocycles. The molecule has 3 rings (SSSR count). The van der Waals surface area contributed by atoms with Gasteiger partial charge in [-0.2, -0.15) is 0 Å². The Morgan fingerprint density at radius 2 is 1.22 bits per heavy atom. The first-order valence-corrected chi connectivity index (χ1v) is 12.3. The summed E-state index contributed by atoms with van der Waals surface area (Å²) in [5, 5.41) is 0. The van der Waals surface area contributed by atoms with E-state index in [0.717, 1.165) is 31.8 Å². The van der Waals surface area contributed by atoms with Crippen LogP contribution in [0.15, 0.2) is 72.8 Å². The van der Waals surface area contributed by atoms with Crippen LogP contribution in [0.4, 0.5) is 0 Å². The van der Waals surface area contributed by atoms with Crippen LogP contribution in [0.5, 0.6) is 5.75 Å². The normalized spacial score (nSPS) is 12.0. The Kier molecular flexibility index (Phi) is 9.84. The molecule has 0 aromatic heterocycles. The van der Waals surface area contributed by atoms with Crippen molar-refractivity contribution in [1.82, 2.24) is 0 Å². The zero-order valence-electron chi connectivity index (χ0n) is 20.0. The van der Waals surface area contributed by atoms with E-state index in [1.807, 2.05) is 0 Å². The lowest BCUT2D eigenvalue weighted by Crippen LogP contribution is -2.01. The predicted molar refractivity (Wildman–Crippen MR) is 136 cm³/mol. The van der Waals surface area contributed by atoms with Crippen LogP contribution in [0.25, 0.3) is 22.3 Å². The fourth-order valence-electron chi connectivity index (χ4n) is 3.93. The lowest BCUT2D eigenvalue weighted by atomic mass is 9.94. The summed E-state index contributed by atoms with van der Waals surface area (Å²) in [5.74, 6) is 0.928. The highest BCUT2D eigenvalue weighted by molar-refractivity contribution is 5.83. The Labute approximate surface area is 194 Å². The van der Waals surface area contributed by atoms with E-state index >= 15 is 0 Å². The Hall–Kier alpha value is -2.58. The summed E-state index contributed by atoms with van der Waals surface area (Å²) < 4.78 is 11.8. The van der Waals surface area contributed by atoms with E-state index in [1.165, 1.54) is 53.5 Å². The Morgan fingerprint density at radius 3 is 1.81 bits per heavy atom. The highest BCUT2D eigenvalue weighted by Crippen LogP contribution is 2.33. The van der Waals surface area contributed by atoms with Gasteiger partial charge in [-0.1, -0.05) is 100 Å². The average molecular weight is 431 g/mol. The zero-order chi connectivity index (χ0) is 22.6. The van der Waals surface area contributed by atoms with E-state index < -0.39 is 0 Å². The molecular formula is C30H38O2. The highest BCUT2D eigenvalue weighted by atomic mass is 16.5. The Balaban J connectivity index is 1.66. The first-order chi connectivity index (χ1) is 15.7. The van der Waals surface area contributed by atoms with Crippen molar-refractivity contribution in [1.29, 1.82) is 0 Å². The molecule has 0 radical (unpaired) electrons. The van der Waals surface area contributed by atoms with Crippen molar-refractivity contribution < 1.29 is 9.47 Å². The van der Waals surface area contributed by atoms with E-state index in [-0.39, 0.29) is 6.10 Å². The van der Waals surface area contributed by atoms with E-state index in [2.05, 4.69) is 93.6 Å². The molecule has 2 heteroatoms. The maximum atomic E-state index is 6.07. The van der Waals surface area contributed by atoms with Gasteiger partial charge in [0.15, 0.2) is 0 Å². The number of benzene rings is 3. The molecule has 2 nitrogen and oxygen atoms in total. The van der Waals surface area contributed by atoms with Crippen LogP contribution in [0.3, 0.4) is 0 Å². The van der Waals surface area contributed by atoms with Gasteiger partial charge in [0, 0.05) is 6.61 Å². The van der Waals surface area contributed by atoms with Gasteiger partial charge in [0.25, 0.3) is 0 Å². The van der Waals surface area contributed by atoms with Crippen molar-refractivity contribution in [3.63, 3.8) is 0 Å². The molecule has 0 amide bonds.